The Bertz CT molecular complexity index is 1030. The number of nitrogens with zero attached hydrogens (tertiary/aromatic N) is 2. The first-order valence-electron chi connectivity index (χ1n) is 7.29. The third kappa shape index (κ3) is 3.54. The lowest BCUT2D eigenvalue weighted by molar-refractivity contribution is -0.385. The van der Waals surface area contributed by atoms with E-state index in [0.29, 0.717) is 6.07 Å². The first-order valence-corrected chi connectivity index (χ1v) is 7.29. The van der Waals surface area contributed by atoms with E-state index in [4.69, 9.17) is 4.52 Å². The van der Waals surface area contributed by atoms with Gasteiger partial charge in [-0.2, -0.15) is 13.2 Å². The predicted molar refractivity (Wildman–Crippen MR) is 83.4 cm³/mol. The fourth-order valence-electron chi connectivity index (χ4n) is 2.41. The SMILES string of the molecule is O=C(c1ccc(C(F)(F)F)cc1[N+](=O)[O-])c1cnoc1-c1ccc(F)cc1. The fraction of sp³-hybridized carbons (Fsp3) is 0.0588. The first kappa shape index (κ1) is 18.2. The Morgan fingerprint density at radius 2 is 1.74 bits per heavy atom. The summed E-state index contributed by atoms with van der Waals surface area (Å²) in [5, 5.41) is 14.6. The van der Waals surface area contributed by atoms with Crippen molar-refractivity contribution in [1.82, 2.24) is 5.16 Å². The molecule has 0 aliphatic carbocycles. The van der Waals surface area contributed by atoms with E-state index in [1.165, 1.54) is 12.1 Å². The summed E-state index contributed by atoms with van der Waals surface area (Å²) < 4.78 is 56.4. The minimum Gasteiger partial charge on any atom is -0.356 e. The molecule has 138 valence electrons. The van der Waals surface area contributed by atoms with Gasteiger partial charge in [0.15, 0.2) is 5.76 Å². The van der Waals surface area contributed by atoms with Gasteiger partial charge in [0, 0.05) is 11.6 Å². The van der Waals surface area contributed by atoms with Crippen molar-refractivity contribution < 1.29 is 31.8 Å². The number of nitro benzene ring substituents is 1. The first-order chi connectivity index (χ1) is 12.7. The largest absolute Gasteiger partial charge is 0.416 e. The van der Waals surface area contributed by atoms with Crippen molar-refractivity contribution in [3.8, 4) is 11.3 Å². The molecule has 0 atom stereocenters. The van der Waals surface area contributed by atoms with Crippen LogP contribution in [0.5, 0.6) is 0 Å². The van der Waals surface area contributed by atoms with Crippen LogP contribution in [0, 0.1) is 15.9 Å². The van der Waals surface area contributed by atoms with Crippen LogP contribution in [-0.2, 0) is 6.18 Å². The Balaban J connectivity index is 2.09. The van der Waals surface area contributed by atoms with E-state index < -0.39 is 39.5 Å². The Kier molecular flexibility index (Phi) is 4.48. The molecule has 0 saturated heterocycles. The van der Waals surface area contributed by atoms with Gasteiger partial charge in [0.05, 0.1) is 22.2 Å². The second-order valence-electron chi connectivity index (χ2n) is 5.39. The van der Waals surface area contributed by atoms with Gasteiger partial charge in [0.1, 0.15) is 11.4 Å². The number of carbonyl (C=O) groups excluding carboxylic acids is 1. The Morgan fingerprint density at radius 1 is 1.07 bits per heavy atom. The topological polar surface area (TPSA) is 86.2 Å². The number of hydrogen-bond donors (Lipinski definition) is 0. The molecular weight excluding hydrogens is 372 g/mol. The van der Waals surface area contributed by atoms with Gasteiger partial charge in [-0.05, 0) is 36.4 Å². The van der Waals surface area contributed by atoms with Crippen molar-refractivity contribution in [1.29, 1.82) is 0 Å². The maximum absolute atomic E-state index is 13.0. The summed E-state index contributed by atoms with van der Waals surface area (Å²) in [6.45, 7) is 0. The summed E-state index contributed by atoms with van der Waals surface area (Å²) in [6.07, 6.45) is -3.81. The highest BCUT2D eigenvalue weighted by atomic mass is 19.4. The van der Waals surface area contributed by atoms with Crippen LogP contribution in [0.15, 0.2) is 53.2 Å². The van der Waals surface area contributed by atoms with Crippen LogP contribution in [0.1, 0.15) is 21.5 Å². The van der Waals surface area contributed by atoms with Crippen molar-refractivity contribution in [2.24, 2.45) is 0 Å². The second-order valence-corrected chi connectivity index (χ2v) is 5.39. The van der Waals surface area contributed by atoms with E-state index in [1.54, 1.807) is 0 Å². The van der Waals surface area contributed by atoms with E-state index in [2.05, 4.69) is 5.16 Å². The highest BCUT2D eigenvalue weighted by molar-refractivity contribution is 6.14. The van der Waals surface area contributed by atoms with Crippen LogP contribution in [0.4, 0.5) is 23.2 Å². The van der Waals surface area contributed by atoms with Gasteiger partial charge in [0.2, 0.25) is 5.78 Å². The third-order valence-electron chi connectivity index (χ3n) is 3.69. The predicted octanol–water partition coefficient (Wildman–Crippen LogP) is 4.64. The molecule has 0 saturated carbocycles. The molecule has 1 aromatic heterocycles. The average molecular weight is 380 g/mol. The van der Waals surface area contributed by atoms with Crippen molar-refractivity contribution in [2.45, 2.75) is 6.18 Å². The summed E-state index contributed by atoms with van der Waals surface area (Å²) in [6, 6.07) is 6.40. The van der Waals surface area contributed by atoms with Crippen LogP contribution in [0.2, 0.25) is 0 Å². The number of ketones is 1. The van der Waals surface area contributed by atoms with Crippen LogP contribution in [0.3, 0.4) is 0 Å². The van der Waals surface area contributed by atoms with E-state index in [1.807, 2.05) is 0 Å². The number of alkyl halides is 3. The van der Waals surface area contributed by atoms with Crippen LogP contribution in [-0.4, -0.2) is 15.9 Å². The second kappa shape index (κ2) is 6.63. The van der Waals surface area contributed by atoms with Crippen molar-refractivity contribution in [2.75, 3.05) is 0 Å². The maximum Gasteiger partial charge on any atom is 0.416 e. The molecule has 0 unspecified atom stereocenters. The standard InChI is InChI=1S/C17H8F4N2O4/c18-11-4-1-9(2-5-11)16-13(8-22-27-16)15(24)12-6-3-10(17(19,20)21)7-14(12)23(25)26/h1-8H. The number of carbonyl (C=O) groups is 1. The van der Waals surface area contributed by atoms with Gasteiger partial charge in [-0.15, -0.1) is 0 Å². The molecule has 10 heteroatoms. The van der Waals surface area contributed by atoms with Crippen molar-refractivity contribution >= 4 is 11.5 Å². The van der Waals surface area contributed by atoms with Gasteiger partial charge in [-0.1, -0.05) is 5.16 Å². The number of rotatable bonds is 4. The Hall–Kier alpha value is -3.56. The zero-order valence-corrected chi connectivity index (χ0v) is 13.2. The molecule has 0 amide bonds. The number of halogens is 4. The minimum absolute atomic E-state index is 0.0887. The quantitative estimate of drug-likeness (QED) is 0.285. The molecule has 0 N–H and O–H groups in total. The molecular formula is C17H8F4N2O4. The molecule has 3 rings (SSSR count). The van der Waals surface area contributed by atoms with Gasteiger partial charge in [-0.3, -0.25) is 14.9 Å². The van der Waals surface area contributed by atoms with Crippen molar-refractivity contribution in [3.63, 3.8) is 0 Å². The molecule has 0 aliphatic heterocycles. The maximum atomic E-state index is 13.0. The summed E-state index contributed by atoms with van der Waals surface area (Å²) >= 11 is 0. The molecule has 27 heavy (non-hydrogen) atoms. The number of aromatic nitrogens is 1. The van der Waals surface area contributed by atoms with E-state index in [0.717, 1.165) is 24.4 Å². The number of benzene rings is 2. The molecule has 3 aromatic rings. The molecule has 1 heterocycles. The lowest BCUT2D eigenvalue weighted by Crippen LogP contribution is -2.10. The zero-order valence-electron chi connectivity index (χ0n) is 13.2. The van der Waals surface area contributed by atoms with Gasteiger partial charge in [0.25, 0.3) is 5.69 Å². The Labute approximate surface area is 148 Å². The Morgan fingerprint density at radius 3 is 2.33 bits per heavy atom. The summed E-state index contributed by atoms with van der Waals surface area (Å²) in [4.78, 5) is 22.8. The van der Waals surface area contributed by atoms with E-state index >= 15 is 0 Å². The van der Waals surface area contributed by atoms with Crippen LogP contribution < -0.4 is 0 Å². The highest BCUT2D eigenvalue weighted by Gasteiger charge is 2.34. The normalized spacial score (nSPS) is 11.4. The number of hydrogen-bond acceptors (Lipinski definition) is 5. The molecule has 2 aromatic carbocycles. The summed E-state index contributed by atoms with van der Waals surface area (Å²) in [7, 11) is 0. The molecule has 6 nitrogen and oxygen atoms in total. The van der Waals surface area contributed by atoms with Crippen molar-refractivity contribution in [3.05, 3.63) is 81.3 Å². The fourth-order valence-corrected chi connectivity index (χ4v) is 2.41. The minimum atomic E-state index is -4.80. The lowest BCUT2D eigenvalue weighted by atomic mass is 9.98. The summed E-state index contributed by atoms with van der Waals surface area (Å²) in [5.41, 5.74) is -2.74. The van der Waals surface area contributed by atoms with Crippen LogP contribution in [0.25, 0.3) is 11.3 Å². The van der Waals surface area contributed by atoms with Gasteiger partial charge < -0.3 is 4.52 Å². The highest BCUT2D eigenvalue weighted by Crippen LogP contribution is 2.35. The van der Waals surface area contributed by atoms with E-state index in [-0.39, 0.29) is 23.0 Å². The number of nitro groups is 1. The van der Waals surface area contributed by atoms with E-state index in [9.17, 15) is 32.5 Å². The van der Waals surface area contributed by atoms with Gasteiger partial charge in [-0.25, -0.2) is 4.39 Å². The molecule has 0 radical (unpaired) electrons. The lowest BCUT2D eigenvalue weighted by Gasteiger charge is -2.08. The zero-order chi connectivity index (χ0) is 19.8. The average Bonchev–Trinajstić information content (AvgIpc) is 3.10. The summed E-state index contributed by atoms with van der Waals surface area (Å²) in [5.74, 6) is -1.57. The van der Waals surface area contributed by atoms with Crippen LogP contribution >= 0.6 is 0 Å². The molecule has 0 bridgehead atoms. The molecule has 0 fully saturated rings. The third-order valence-corrected chi connectivity index (χ3v) is 3.69. The van der Waals surface area contributed by atoms with Gasteiger partial charge >= 0.3 is 6.18 Å². The molecule has 0 spiro atoms. The monoisotopic (exact) mass is 380 g/mol. The molecule has 0 aliphatic rings. The smallest absolute Gasteiger partial charge is 0.356 e.